The average molecular weight is 169 g/mol. The topological polar surface area (TPSA) is 12.0 Å². The fraction of sp³-hybridized carbons (Fsp3) is 1.00. The van der Waals surface area contributed by atoms with Crippen LogP contribution in [-0.4, -0.2) is 12.1 Å². The third kappa shape index (κ3) is 3.14. The molecule has 12 heavy (non-hydrogen) atoms. The van der Waals surface area contributed by atoms with E-state index in [0.29, 0.717) is 6.04 Å². The molecule has 0 heterocycles. The lowest BCUT2D eigenvalue weighted by Gasteiger charge is -2.36. The summed E-state index contributed by atoms with van der Waals surface area (Å²) in [6.07, 6.45) is 4.09. The fourth-order valence-electron chi connectivity index (χ4n) is 2.22. The largest absolute Gasteiger partial charge is 0.311 e. The molecule has 0 aromatic rings. The molecule has 72 valence electrons. The summed E-state index contributed by atoms with van der Waals surface area (Å²) >= 11 is 0. The Balaban J connectivity index is 2.06. The van der Waals surface area contributed by atoms with Gasteiger partial charge in [0.2, 0.25) is 0 Å². The van der Waals surface area contributed by atoms with Crippen molar-refractivity contribution >= 4 is 0 Å². The highest BCUT2D eigenvalue weighted by Gasteiger charge is 2.25. The van der Waals surface area contributed by atoms with Crippen LogP contribution in [0.2, 0.25) is 0 Å². The summed E-state index contributed by atoms with van der Waals surface area (Å²) in [6.45, 7) is 9.23. The molecule has 1 heteroatoms. The van der Waals surface area contributed by atoms with Crippen LogP contribution in [0.1, 0.15) is 47.0 Å². The zero-order chi connectivity index (χ0) is 9.14. The first kappa shape index (κ1) is 10.0. The first-order valence-corrected chi connectivity index (χ1v) is 5.34. The molecule has 0 bridgehead atoms. The molecule has 1 N–H and O–H groups in total. The van der Waals surface area contributed by atoms with E-state index in [9.17, 15) is 0 Å². The molecule has 0 saturated heterocycles. The average Bonchev–Trinajstić information content (AvgIpc) is 1.82. The van der Waals surface area contributed by atoms with Crippen LogP contribution in [0.25, 0.3) is 0 Å². The van der Waals surface area contributed by atoms with Crippen LogP contribution < -0.4 is 5.32 Å². The number of hydrogen-bond acceptors (Lipinski definition) is 1. The van der Waals surface area contributed by atoms with E-state index in [-0.39, 0.29) is 0 Å². The van der Waals surface area contributed by atoms with Crippen molar-refractivity contribution in [3.05, 3.63) is 0 Å². The van der Waals surface area contributed by atoms with Gasteiger partial charge in [-0.25, -0.2) is 0 Å². The van der Waals surface area contributed by atoms with Crippen LogP contribution in [0, 0.1) is 11.8 Å². The van der Waals surface area contributed by atoms with Gasteiger partial charge in [0.25, 0.3) is 0 Å². The van der Waals surface area contributed by atoms with Gasteiger partial charge in [-0.05, 0) is 38.0 Å². The molecule has 0 aromatic carbocycles. The van der Waals surface area contributed by atoms with Gasteiger partial charge in [-0.2, -0.15) is 0 Å². The summed E-state index contributed by atoms with van der Waals surface area (Å²) in [4.78, 5) is 0. The Kier molecular flexibility index (Phi) is 3.57. The molecule has 0 radical (unpaired) electrons. The highest BCUT2D eigenvalue weighted by atomic mass is 15.0. The predicted molar refractivity (Wildman–Crippen MR) is 54.2 cm³/mol. The summed E-state index contributed by atoms with van der Waals surface area (Å²) in [5.41, 5.74) is 0. The maximum atomic E-state index is 3.68. The Morgan fingerprint density at radius 2 is 1.83 bits per heavy atom. The number of rotatable bonds is 4. The molecular formula is C11H23N. The van der Waals surface area contributed by atoms with Crippen molar-refractivity contribution in [1.82, 2.24) is 5.32 Å². The molecular weight excluding hydrogens is 146 g/mol. The summed E-state index contributed by atoms with van der Waals surface area (Å²) in [7, 11) is 0. The van der Waals surface area contributed by atoms with Gasteiger partial charge < -0.3 is 5.32 Å². The maximum Gasteiger partial charge on any atom is 0.00746 e. The summed E-state index contributed by atoms with van der Waals surface area (Å²) in [5, 5.41) is 3.68. The zero-order valence-corrected chi connectivity index (χ0v) is 8.93. The van der Waals surface area contributed by atoms with Crippen molar-refractivity contribution in [2.75, 3.05) is 0 Å². The predicted octanol–water partition coefficient (Wildman–Crippen LogP) is 2.81. The van der Waals surface area contributed by atoms with Gasteiger partial charge in [-0.3, -0.25) is 0 Å². The Morgan fingerprint density at radius 3 is 2.25 bits per heavy atom. The van der Waals surface area contributed by atoms with Gasteiger partial charge in [0.05, 0.1) is 0 Å². The van der Waals surface area contributed by atoms with Crippen LogP contribution >= 0.6 is 0 Å². The number of nitrogens with one attached hydrogen (secondary N) is 1. The Hall–Kier alpha value is -0.0400. The Bertz CT molecular complexity index is 125. The molecule has 0 aromatic heterocycles. The van der Waals surface area contributed by atoms with E-state index in [0.717, 1.165) is 17.9 Å². The third-order valence-electron chi connectivity index (χ3n) is 2.72. The number of hydrogen-bond donors (Lipinski definition) is 1. The summed E-state index contributed by atoms with van der Waals surface area (Å²) < 4.78 is 0. The van der Waals surface area contributed by atoms with Gasteiger partial charge in [-0.1, -0.05) is 20.8 Å². The van der Waals surface area contributed by atoms with Gasteiger partial charge in [0, 0.05) is 12.1 Å². The minimum Gasteiger partial charge on any atom is -0.311 e. The second kappa shape index (κ2) is 4.27. The van der Waals surface area contributed by atoms with Crippen LogP contribution in [0.3, 0.4) is 0 Å². The second-order valence-electron chi connectivity index (χ2n) is 4.97. The van der Waals surface area contributed by atoms with E-state index in [1.807, 2.05) is 0 Å². The fourth-order valence-corrected chi connectivity index (χ4v) is 2.22. The quantitative estimate of drug-likeness (QED) is 0.682. The molecule has 0 aliphatic heterocycles. The minimum atomic E-state index is 0.711. The highest BCUT2D eigenvalue weighted by molar-refractivity contribution is 4.84. The van der Waals surface area contributed by atoms with Crippen LogP contribution in [0.5, 0.6) is 0 Å². The van der Waals surface area contributed by atoms with Crippen molar-refractivity contribution < 1.29 is 0 Å². The molecule has 1 atom stereocenters. The zero-order valence-electron chi connectivity index (χ0n) is 8.93. The first-order chi connectivity index (χ1) is 5.58. The van der Waals surface area contributed by atoms with Crippen molar-refractivity contribution in [2.45, 2.75) is 59.0 Å². The van der Waals surface area contributed by atoms with Gasteiger partial charge in [0.1, 0.15) is 0 Å². The monoisotopic (exact) mass is 169 g/mol. The smallest absolute Gasteiger partial charge is 0.00746 e. The Labute approximate surface area is 76.9 Å². The van der Waals surface area contributed by atoms with E-state index in [1.54, 1.807) is 0 Å². The molecule has 0 spiro atoms. The molecule has 1 saturated carbocycles. The lowest BCUT2D eigenvalue weighted by atomic mass is 9.81. The lowest BCUT2D eigenvalue weighted by Crippen LogP contribution is -2.44. The van der Waals surface area contributed by atoms with Crippen molar-refractivity contribution in [1.29, 1.82) is 0 Å². The van der Waals surface area contributed by atoms with Crippen LogP contribution in [-0.2, 0) is 0 Å². The molecule has 1 aliphatic rings. The molecule has 1 aliphatic carbocycles. The van der Waals surface area contributed by atoms with E-state index >= 15 is 0 Å². The van der Waals surface area contributed by atoms with Crippen molar-refractivity contribution in [3.8, 4) is 0 Å². The normalized spacial score (nSPS) is 31.8. The highest BCUT2D eigenvalue weighted by Crippen LogP contribution is 2.26. The van der Waals surface area contributed by atoms with Gasteiger partial charge in [-0.15, -0.1) is 0 Å². The van der Waals surface area contributed by atoms with Crippen molar-refractivity contribution in [2.24, 2.45) is 11.8 Å². The lowest BCUT2D eigenvalue weighted by molar-refractivity contribution is 0.218. The summed E-state index contributed by atoms with van der Waals surface area (Å²) in [6, 6.07) is 1.54. The second-order valence-corrected chi connectivity index (χ2v) is 4.97. The van der Waals surface area contributed by atoms with Crippen LogP contribution in [0.15, 0.2) is 0 Å². The first-order valence-electron chi connectivity index (χ1n) is 5.34. The van der Waals surface area contributed by atoms with E-state index < -0.39 is 0 Å². The van der Waals surface area contributed by atoms with Gasteiger partial charge in [0.15, 0.2) is 0 Å². The molecule has 0 amide bonds. The van der Waals surface area contributed by atoms with Crippen molar-refractivity contribution in [3.63, 3.8) is 0 Å². The summed E-state index contributed by atoms with van der Waals surface area (Å²) in [5.74, 6) is 1.79. The molecule has 1 rings (SSSR count). The Morgan fingerprint density at radius 1 is 1.25 bits per heavy atom. The standard InChI is InChI=1S/C11H23N/c1-8(2)5-10(4)12-11-6-9(3)7-11/h8-12H,5-7H2,1-4H3. The minimum absolute atomic E-state index is 0.711. The maximum absolute atomic E-state index is 3.68. The SMILES string of the molecule is CC(C)CC(C)NC1CC(C)C1. The molecule has 1 unspecified atom stereocenters. The van der Waals surface area contributed by atoms with Crippen LogP contribution in [0.4, 0.5) is 0 Å². The van der Waals surface area contributed by atoms with E-state index in [2.05, 4.69) is 33.0 Å². The van der Waals surface area contributed by atoms with Gasteiger partial charge >= 0.3 is 0 Å². The third-order valence-corrected chi connectivity index (χ3v) is 2.72. The van der Waals surface area contributed by atoms with E-state index in [4.69, 9.17) is 0 Å². The molecule has 1 nitrogen and oxygen atoms in total. The molecule has 1 fully saturated rings. The van der Waals surface area contributed by atoms with E-state index in [1.165, 1.54) is 19.3 Å².